The fraction of sp³-hybridized carbons (Fsp3) is 0.462. The van der Waals surface area contributed by atoms with Crippen molar-refractivity contribution < 1.29 is 14.7 Å². The van der Waals surface area contributed by atoms with Gasteiger partial charge in [0.2, 0.25) is 5.91 Å². The number of hydrogen-bond acceptors (Lipinski definition) is 3. The number of aromatic nitrogens is 1. The molecule has 1 saturated carbocycles. The maximum atomic E-state index is 11.9. The van der Waals surface area contributed by atoms with E-state index in [-0.39, 0.29) is 18.2 Å². The second kappa shape index (κ2) is 4.76. The van der Waals surface area contributed by atoms with E-state index >= 15 is 0 Å². The van der Waals surface area contributed by atoms with Crippen LogP contribution in [0.3, 0.4) is 0 Å². The van der Waals surface area contributed by atoms with E-state index in [4.69, 9.17) is 0 Å². The van der Waals surface area contributed by atoms with Crippen LogP contribution in [0.25, 0.3) is 0 Å². The van der Waals surface area contributed by atoms with E-state index in [1.165, 1.54) is 0 Å². The monoisotopic (exact) mass is 248 g/mol. The summed E-state index contributed by atoms with van der Waals surface area (Å²) in [7, 11) is 0. The van der Waals surface area contributed by atoms with Gasteiger partial charge in [-0.3, -0.25) is 9.78 Å². The lowest BCUT2D eigenvalue weighted by Crippen LogP contribution is -2.54. The van der Waals surface area contributed by atoms with Crippen molar-refractivity contribution in [2.24, 2.45) is 5.92 Å². The average Bonchev–Trinajstić information content (AvgIpc) is 3.13. The molecule has 1 fully saturated rings. The molecule has 2 N–H and O–H groups in total. The lowest BCUT2D eigenvalue weighted by Gasteiger charge is -2.26. The summed E-state index contributed by atoms with van der Waals surface area (Å²) in [4.78, 5) is 27.0. The molecule has 5 heteroatoms. The van der Waals surface area contributed by atoms with Gasteiger partial charge in [0.05, 0.1) is 6.42 Å². The number of pyridine rings is 1. The first-order valence-corrected chi connectivity index (χ1v) is 5.95. The molecule has 1 unspecified atom stereocenters. The molecule has 0 aromatic carbocycles. The molecule has 96 valence electrons. The number of carboxylic acid groups (broad SMARTS) is 1. The number of carbonyl (C=O) groups is 2. The van der Waals surface area contributed by atoms with Crippen LogP contribution in [0.4, 0.5) is 0 Å². The lowest BCUT2D eigenvalue weighted by atomic mass is 9.95. The third-order valence-corrected chi connectivity index (χ3v) is 3.32. The Kier molecular flexibility index (Phi) is 3.32. The minimum absolute atomic E-state index is 0.0489. The van der Waals surface area contributed by atoms with Gasteiger partial charge in [-0.05, 0) is 37.3 Å². The topological polar surface area (TPSA) is 79.3 Å². The van der Waals surface area contributed by atoms with Crippen molar-refractivity contribution in [3.05, 3.63) is 30.1 Å². The summed E-state index contributed by atoms with van der Waals surface area (Å²) in [6.07, 6.45) is 5.11. The summed E-state index contributed by atoms with van der Waals surface area (Å²) >= 11 is 0. The van der Waals surface area contributed by atoms with E-state index in [0.717, 1.165) is 18.4 Å². The number of nitrogens with one attached hydrogen (secondary N) is 1. The molecule has 0 bridgehead atoms. The number of rotatable bonds is 5. The number of nitrogens with zero attached hydrogens (tertiary/aromatic N) is 1. The first-order valence-electron chi connectivity index (χ1n) is 5.95. The average molecular weight is 248 g/mol. The molecule has 1 atom stereocenters. The van der Waals surface area contributed by atoms with Crippen LogP contribution in [0.15, 0.2) is 24.5 Å². The van der Waals surface area contributed by atoms with E-state index in [2.05, 4.69) is 10.3 Å². The Hall–Kier alpha value is -1.91. The quantitative estimate of drug-likeness (QED) is 0.814. The minimum Gasteiger partial charge on any atom is -0.480 e. The Morgan fingerprint density at radius 3 is 2.78 bits per heavy atom. The molecule has 5 nitrogen and oxygen atoms in total. The van der Waals surface area contributed by atoms with Gasteiger partial charge < -0.3 is 10.4 Å². The number of aliphatic carboxylic acids is 1. The summed E-state index contributed by atoms with van der Waals surface area (Å²) in [5.74, 6) is -1.20. The summed E-state index contributed by atoms with van der Waals surface area (Å²) in [5.41, 5.74) is -0.363. The Balaban J connectivity index is 2.00. The summed E-state index contributed by atoms with van der Waals surface area (Å²) in [6.45, 7) is 1.58. The number of hydrogen-bond donors (Lipinski definition) is 2. The maximum Gasteiger partial charge on any atom is 0.329 e. The van der Waals surface area contributed by atoms with Crippen molar-refractivity contribution in [1.82, 2.24) is 10.3 Å². The van der Waals surface area contributed by atoms with Crippen LogP contribution in [0.1, 0.15) is 25.3 Å². The SMILES string of the molecule is CC(NC(=O)Cc1cccnc1)(C(=O)O)C1CC1. The molecule has 1 aromatic rings. The standard InChI is InChI=1S/C13H16N2O3/c1-13(12(17)18,10-4-5-10)15-11(16)7-9-3-2-6-14-8-9/h2-3,6,8,10H,4-5,7H2,1H3,(H,15,16)(H,17,18). The van der Waals surface area contributed by atoms with Crippen LogP contribution < -0.4 is 5.32 Å². The summed E-state index contributed by atoms with van der Waals surface area (Å²) < 4.78 is 0. The van der Waals surface area contributed by atoms with Crippen molar-refractivity contribution in [2.75, 3.05) is 0 Å². The molecule has 0 aliphatic heterocycles. The third kappa shape index (κ3) is 2.67. The van der Waals surface area contributed by atoms with Gasteiger partial charge in [-0.25, -0.2) is 4.79 Å². The third-order valence-electron chi connectivity index (χ3n) is 3.32. The minimum atomic E-state index is -1.14. The molecule has 1 heterocycles. The molecule has 0 spiro atoms. The molecule has 1 aromatic heterocycles. The Morgan fingerprint density at radius 2 is 2.28 bits per heavy atom. The molecule has 0 saturated heterocycles. The molecule has 2 rings (SSSR count). The van der Waals surface area contributed by atoms with Crippen molar-refractivity contribution in [1.29, 1.82) is 0 Å². The highest BCUT2D eigenvalue weighted by Crippen LogP contribution is 2.39. The largest absolute Gasteiger partial charge is 0.480 e. The van der Waals surface area contributed by atoms with Gasteiger partial charge in [-0.15, -0.1) is 0 Å². The van der Waals surface area contributed by atoms with E-state index in [9.17, 15) is 14.7 Å². The second-order valence-electron chi connectivity index (χ2n) is 4.87. The Bertz CT molecular complexity index is 457. The molecular formula is C13H16N2O3. The predicted octanol–water partition coefficient (Wildman–Crippen LogP) is 0.994. The maximum absolute atomic E-state index is 11.9. The van der Waals surface area contributed by atoms with Crippen molar-refractivity contribution in [2.45, 2.75) is 31.7 Å². The number of carboxylic acids is 1. The smallest absolute Gasteiger partial charge is 0.329 e. The second-order valence-corrected chi connectivity index (χ2v) is 4.87. The van der Waals surface area contributed by atoms with Gasteiger partial charge in [0.15, 0.2) is 0 Å². The van der Waals surface area contributed by atoms with E-state index in [1.807, 2.05) is 0 Å². The van der Waals surface area contributed by atoms with Gasteiger partial charge in [-0.2, -0.15) is 0 Å². The van der Waals surface area contributed by atoms with Crippen molar-refractivity contribution in [3.8, 4) is 0 Å². The van der Waals surface area contributed by atoms with E-state index < -0.39 is 11.5 Å². The van der Waals surface area contributed by atoms with Crippen LogP contribution >= 0.6 is 0 Å². The van der Waals surface area contributed by atoms with Crippen LogP contribution in [0.5, 0.6) is 0 Å². The van der Waals surface area contributed by atoms with Crippen LogP contribution in [0.2, 0.25) is 0 Å². The zero-order chi connectivity index (χ0) is 13.2. The van der Waals surface area contributed by atoms with E-state index in [0.29, 0.717) is 0 Å². The van der Waals surface area contributed by atoms with Gasteiger partial charge in [0.1, 0.15) is 5.54 Å². The van der Waals surface area contributed by atoms with Gasteiger partial charge in [0.25, 0.3) is 0 Å². The highest BCUT2D eigenvalue weighted by molar-refractivity contribution is 5.88. The van der Waals surface area contributed by atoms with Crippen LogP contribution in [0, 0.1) is 5.92 Å². The van der Waals surface area contributed by atoms with E-state index in [1.54, 1.807) is 31.5 Å². The van der Waals surface area contributed by atoms with Gasteiger partial charge in [-0.1, -0.05) is 6.07 Å². The lowest BCUT2D eigenvalue weighted by molar-refractivity contribution is -0.147. The summed E-state index contributed by atoms with van der Waals surface area (Å²) in [6, 6.07) is 3.54. The zero-order valence-electron chi connectivity index (χ0n) is 10.2. The first kappa shape index (κ1) is 12.5. The molecule has 1 aliphatic rings. The Morgan fingerprint density at radius 1 is 1.56 bits per heavy atom. The predicted molar refractivity (Wildman–Crippen MR) is 64.8 cm³/mol. The normalized spacial score (nSPS) is 17.8. The highest BCUT2D eigenvalue weighted by atomic mass is 16.4. The van der Waals surface area contributed by atoms with Gasteiger partial charge >= 0.3 is 5.97 Å². The number of amides is 1. The Labute approximate surface area is 105 Å². The fourth-order valence-corrected chi connectivity index (χ4v) is 2.01. The van der Waals surface area contributed by atoms with Crippen LogP contribution in [-0.4, -0.2) is 27.5 Å². The molecular weight excluding hydrogens is 232 g/mol. The zero-order valence-corrected chi connectivity index (χ0v) is 10.2. The van der Waals surface area contributed by atoms with Crippen LogP contribution in [-0.2, 0) is 16.0 Å². The number of carbonyl (C=O) groups excluding carboxylic acids is 1. The van der Waals surface area contributed by atoms with Gasteiger partial charge in [0, 0.05) is 12.4 Å². The molecule has 1 aliphatic carbocycles. The molecule has 1 amide bonds. The molecule has 0 radical (unpaired) electrons. The first-order chi connectivity index (χ1) is 8.52. The fourth-order valence-electron chi connectivity index (χ4n) is 2.01. The van der Waals surface area contributed by atoms with Crippen molar-refractivity contribution >= 4 is 11.9 Å². The molecule has 18 heavy (non-hydrogen) atoms. The van der Waals surface area contributed by atoms with Crippen molar-refractivity contribution in [3.63, 3.8) is 0 Å². The summed E-state index contributed by atoms with van der Waals surface area (Å²) in [5, 5.41) is 11.9. The highest BCUT2D eigenvalue weighted by Gasteiger charge is 2.48.